The topological polar surface area (TPSA) is 21.3 Å². The highest BCUT2D eigenvalue weighted by molar-refractivity contribution is 7.16. The smallest absolute Gasteiger partial charge is 0.0931 e. The van der Waals surface area contributed by atoms with E-state index in [0.29, 0.717) is 11.5 Å². The SMILES string of the molecule is CCC(NCC1(C)COC1)c1ccc(Cl)s1. The summed E-state index contributed by atoms with van der Waals surface area (Å²) in [5.41, 5.74) is 0.328. The van der Waals surface area contributed by atoms with Crippen LogP contribution in [-0.4, -0.2) is 19.8 Å². The van der Waals surface area contributed by atoms with E-state index in [0.717, 1.165) is 30.5 Å². The van der Waals surface area contributed by atoms with Gasteiger partial charge < -0.3 is 10.1 Å². The van der Waals surface area contributed by atoms with Crippen LogP contribution in [0.5, 0.6) is 0 Å². The molecular formula is C12H18ClNOS. The van der Waals surface area contributed by atoms with Crippen LogP contribution in [0.1, 0.15) is 31.2 Å². The summed E-state index contributed by atoms with van der Waals surface area (Å²) in [5, 5.41) is 3.61. The molecule has 1 atom stereocenters. The largest absolute Gasteiger partial charge is 0.380 e. The van der Waals surface area contributed by atoms with Gasteiger partial charge in [0.05, 0.1) is 17.6 Å². The first-order chi connectivity index (χ1) is 7.63. The molecule has 1 unspecified atom stereocenters. The van der Waals surface area contributed by atoms with Crippen molar-refractivity contribution in [1.82, 2.24) is 5.32 Å². The fraction of sp³-hybridized carbons (Fsp3) is 0.667. The Kier molecular flexibility index (Phi) is 3.90. The van der Waals surface area contributed by atoms with Crippen LogP contribution < -0.4 is 5.32 Å². The fourth-order valence-electron chi connectivity index (χ4n) is 1.88. The minimum atomic E-state index is 0.328. The Morgan fingerprint density at radius 1 is 1.56 bits per heavy atom. The lowest BCUT2D eigenvalue weighted by Gasteiger charge is -2.39. The van der Waals surface area contributed by atoms with E-state index in [1.165, 1.54) is 4.88 Å². The zero-order chi connectivity index (χ0) is 11.6. The molecule has 2 heterocycles. The van der Waals surface area contributed by atoms with E-state index >= 15 is 0 Å². The third-order valence-corrected chi connectivity index (χ3v) is 4.37. The Hall–Kier alpha value is -0.0900. The second-order valence-electron chi connectivity index (χ2n) is 4.79. The normalized spacial score (nSPS) is 20.4. The molecule has 4 heteroatoms. The van der Waals surface area contributed by atoms with Crippen molar-refractivity contribution in [1.29, 1.82) is 0 Å². The first-order valence-electron chi connectivity index (χ1n) is 5.69. The highest BCUT2D eigenvalue weighted by Crippen LogP contribution is 2.31. The predicted molar refractivity (Wildman–Crippen MR) is 69.3 cm³/mol. The monoisotopic (exact) mass is 259 g/mol. The third kappa shape index (κ3) is 2.77. The van der Waals surface area contributed by atoms with E-state index in [1.807, 2.05) is 6.07 Å². The van der Waals surface area contributed by atoms with Crippen LogP contribution in [-0.2, 0) is 4.74 Å². The summed E-state index contributed by atoms with van der Waals surface area (Å²) in [6, 6.07) is 4.52. The molecule has 2 rings (SSSR count). The summed E-state index contributed by atoms with van der Waals surface area (Å²) in [4.78, 5) is 1.33. The molecule has 0 bridgehead atoms. The van der Waals surface area contributed by atoms with E-state index in [-0.39, 0.29) is 0 Å². The lowest BCUT2D eigenvalue weighted by molar-refractivity contribution is -0.100. The number of hydrogen-bond acceptors (Lipinski definition) is 3. The van der Waals surface area contributed by atoms with E-state index in [4.69, 9.17) is 16.3 Å². The summed E-state index contributed by atoms with van der Waals surface area (Å²) in [5.74, 6) is 0. The van der Waals surface area contributed by atoms with Gasteiger partial charge in [-0.15, -0.1) is 11.3 Å². The van der Waals surface area contributed by atoms with Crippen molar-refractivity contribution in [3.05, 3.63) is 21.3 Å². The number of ether oxygens (including phenoxy) is 1. The minimum Gasteiger partial charge on any atom is -0.380 e. The van der Waals surface area contributed by atoms with Crippen molar-refractivity contribution in [2.75, 3.05) is 19.8 Å². The number of hydrogen-bond donors (Lipinski definition) is 1. The van der Waals surface area contributed by atoms with Crippen molar-refractivity contribution in [3.8, 4) is 0 Å². The summed E-state index contributed by atoms with van der Waals surface area (Å²) >= 11 is 7.63. The molecule has 1 saturated heterocycles. The molecule has 1 N–H and O–H groups in total. The Labute approximate surface area is 106 Å². The number of thiophene rings is 1. The lowest BCUT2D eigenvalue weighted by atomic mass is 9.88. The Balaban J connectivity index is 1.90. The molecule has 1 aromatic heterocycles. The molecule has 1 aliphatic rings. The van der Waals surface area contributed by atoms with Gasteiger partial charge in [-0.3, -0.25) is 0 Å². The van der Waals surface area contributed by atoms with Crippen LogP contribution >= 0.6 is 22.9 Å². The second kappa shape index (κ2) is 5.05. The predicted octanol–water partition coefficient (Wildman–Crippen LogP) is 3.48. The van der Waals surface area contributed by atoms with Gasteiger partial charge in [0.15, 0.2) is 0 Å². The van der Waals surface area contributed by atoms with Crippen molar-refractivity contribution in [3.63, 3.8) is 0 Å². The number of rotatable bonds is 5. The highest BCUT2D eigenvalue weighted by Gasteiger charge is 2.33. The van der Waals surface area contributed by atoms with Crippen LogP contribution in [0, 0.1) is 5.41 Å². The quantitative estimate of drug-likeness (QED) is 0.874. The maximum atomic E-state index is 5.96. The molecule has 0 aromatic carbocycles. The molecule has 0 saturated carbocycles. The van der Waals surface area contributed by atoms with Gasteiger partial charge in [0, 0.05) is 22.9 Å². The first-order valence-corrected chi connectivity index (χ1v) is 6.89. The van der Waals surface area contributed by atoms with Gasteiger partial charge >= 0.3 is 0 Å². The molecule has 16 heavy (non-hydrogen) atoms. The highest BCUT2D eigenvalue weighted by atomic mass is 35.5. The Bertz CT molecular complexity index is 349. The zero-order valence-electron chi connectivity index (χ0n) is 9.75. The maximum Gasteiger partial charge on any atom is 0.0931 e. The van der Waals surface area contributed by atoms with Crippen LogP contribution in [0.3, 0.4) is 0 Å². The first kappa shape index (κ1) is 12.4. The van der Waals surface area contributed by atoms with Gasteiger partial charge in [-0.1, -0.05) is 25.4 Å². The summed E-state index contributed by atoms with van der Waals surface area (Å²) in [6.07, 6.45) is 1.09. The molecule has 0 radical (unpaired) electrons. The van der Waals surface area contributed by atoms with Crippen LogP contribution in [0.2, 0.25) is 4.34 Å². The molecule has 1 aliphatic heterocycles. The zero-order valence-corrected chi connectivity index (χ0v) is 11.3. The van der Waals surface area contributed by atoms with Gasteiger partial charge in [-0.25, -0.2) is 0 Å². The van der Waals surface area contributed by atoms with Gasteiger partial charge in [-0.2, -0.15) is 0 Å². The molecule has 2 nitrogen and oxygen atoms in total. The van der Waals surface area contributed by atoms with Crippen molar-refractivity contribution in [2.45, 2.75) is 26.3 Å². The fourth-order valence-corrected chi connectivity index (χ4v) is 3.10. The molecular weight excluding hydrogens is 242 g/mol. The van der Waals surface area contributed by atoms with Crippen LogP contribution in [0.25, 0.3) is 0 Å². The van der Waals surface area contributed by atoms with Gasteiger partial charge in [-0.05, 0) is 18.6 Å². The van der Waals surface area contributed by atoms with Crippen LogP contribution in [0.15, 0.2) is 12.1 Å². The van der Waals surface area contributed by atoms with E-state index in [2.05, 4.69) is 25.2 Å². The minimum absolute atomic E-state index is 0.328. The standard InChI is InChI=1S/C12H18ClNOS/c1-3-9(10-4-5-11(13)16-10)14-6-12(2)7-15-8-12/h4-5,9,14H,3,6-8H2,1-2H3. The third-order valence-electron chi connectivity index (χ3n) is 3.02. The van der Waals surface area contributed by atoms with Crippen LogP contribution in [0.4, 0.5) is 0 Å². The van der Waals surface area contributed by atoms with Gasteiger partial charge in [0.25, 0.3) is 0 Å². The van der Waals surface area contributed by atoms with E-state index < -0.39 is 0 Å². The molecule has 90 valence electrons. The maximum absolute atomic E-state index is 5.96. The van der Waals surface area contributed by atoms with E-state index in [9.17, 15) is 0 Å². The number of nitrogens with one attached hydrogen (secondary N) is 1. The van der Waals surface area contributed by atoms with Crippen molar-refractivity contribution < 1.29 is 4.74 Å². The van der Waals surface area contributed by atoms with Crippen molar-refractivity contribution in [2.24, 2.45) is 5.41 Å². The second-order valence-corrected chi connectivity index (χ2v) is 6.53. The summed E-state index contributed by atoms with van der Waals surface area (Å²) in [6.45, 7) is 7.23. The van der Waals surface area contributed by atoms with Crippen molar-refractivity contribution >= 4 is 22.9 Å². The molecule has 0 spiro atoms. The molecule has 1 fully saturated rings. The lowest BCUT2D eigenvalue weighted by Crippen LogP contribution is -2.47. The number of halogens is 1. The summed E-state index contributed by atoms with van der Waals surface area (Å²) in [7, 11) is 0. The average molecular weight is 260 g/mol. The Morgan fingerprint density at radius 3 is 2.75 bits per heavy atom. The molecule has 1 aromatic rings. The average Bonchev–Trinajstić information content (AvgIpc) is 2.63. The van der Waals surface area contributed by atoms with Gasteiger partial charge in [0.1, 0.15) is 0 Å². The Morgan fingerprint density at radius 2 is 2.31 bits per heavy atom. The summed E-state index contributed by atoms with van der Waals surface area (Å²) < 4.78 is 6.12. The van der Waals surface area contributed by atoms with E-state index in [1.54, 1.807) is 11.3 Å². The van der Waals surface area contributed by atoms with Gasteiger partial charge in [0.2, 0.25) is 0 Å². The molecule has 0 amide bonds. The molecule has 0 aliphatic carbocycles.